The van der Waals surface area contributed by atoms with Crippen molar-refractivity contribution in [2.75, 3.05) is 5.32 Å². The number of nitrogens with one attached hydrogen (secondary N) is 2. The number of nitrogens with two attached hydrogens (primary N) is 1. The van der Waals surface area contributed by atoms with E-state index >= 15 is 4.39 Å². The standard InChI is InChI=1S/C20H15ClFN5O6S3/c1-10-24-15-4-3-12(35(23,30)31)9-13(15)19(28)27(10)16-5-2-11(8-14(16)22)25-20(29)26-36(32,33)18-7-6-17(21)34-18/h2-9H,1H3,(H2,23,30,31)(H2,25,26,29). The Balaban J connectivity index is 1.65. The number of nitrogens with zero attached hydrogens (tertiary/aromatic N) is 2. The Labute approximate surface area is 212 Å². The lowest BCUT2D eigenvalue weighted by molar-refractivity contribution is 0.256. The highest BCUT2D eigenvalue weighted by Crippen LogP contribution is 2.25. The highest BCUT2D eigenvalue weighted by atomic mass is 35.5. The molecule has 0 atom stereocenters. The van der Waals surface area contributed by atoms with E-state index < -0.39 is 37.5 Å². The summed E-state index contributed by atoms with van der Waals surface area (Å²) < 4.78 is 65.6. The molecule has 2 aromatic carbocycles. The molecule has 4 rings (SSSR count). The first-order valence-corrected chi connectivity index (χ1v) is 13.9. The van der Waals surface area contributed by atoms with Gasteiger partial charge >= 0.3 is 6.03 Å². The number of aryl methyl sites for hydroxylation is 1. The number of benzene rings is 2. The Morgan fingerprint density at radius 3 is 2.44 bits per heavy atom. The van der Waals surface area contributed by atoms with Crippen molar-refractivity contribution in [3.05, 3.63) is 74.9 Å². The van der Waals surface area contributed by atoms with Gasteiger partial charge in [-0.2, -0.15) is 0 Å². The van der Waals surface area contributed by atoms with Gasteiger partial charge in [-0.05, 0) is 55.5 Å². The van der Waals surface area contributed by atoms with Crippen LogP contribution in [-0.2, 0) is 20.0 Å². The molecule has 2 amide bonds. The molecular formula is C20H15ClFN5O6S3. The van der Waals surface area contributed by atoms with Gasteiger partial charge in [0.1, 0.15) is 15.9 Å². The number of rotatable bonds is 5. The largest absolute Gasteiger partial charge is 0.333 e. The average Bonchev–Trinajstić information content (AvgIpc) is 3.21. The summed E-state index contributed by atoms with van der Waals surface area (Å²) in [5.74, 6) is -0.844. The van der Waals surface area contributed by atoms with Crippen LogP contribution in [0.5, 0.6) is 0 Å². The molecule has 0 radical (unpaired) electrons. The fourth-order valence-electron chi connectivity index (χ4n) is 3.27. The molecule has 11 nitrogen and oxygen atoms in total. The van der Waals surface area contributed by atoms with Gasteiger partial charge in [0.05, 0.1) is 25.8 Å². The van der Waals surface area contributed by atoms with Crippen molar-refractivity contribution in [2.45, 2.75) is 16.0 Å². The fraction of sp³-hybridized carbons (Fsp3) is 0.0500. The van der Waals surface area contributed by atoms with Crippen LogP contribution in [0.4, 0.5) is 14.9 Å². The number of carbonyl (C=O) groups is 1. The molecule has 4 aromatic rings. The van der Waals surface area contributed by atoms with E-state index in [1.54, 1.807) is 4.72 Å². The summed E-state index contributed by atoms with van der Waals surface area (Å²) in [5, 5.41) is 7.22. The zero-order valence-electron chi connectivity index (χ0n) is 18.0. The van der Waals surface area contributed by atoms with Gasteiger partial charge < -0.3 is 5.32 Å². The molecular weight excluding hydrogens is 557 g/mol. The number of thiophene rings is 1. The third kappa shape index (κ3) is 5.10. The Morgan fingerprint density at radius 2 is 1.83 bits per heavy atom. The van der Waals surface area contributed by atoms with Crippen molar-refractivity contribution in [1.29, 1.82) is 0 Å². The number of hydrogen-bond acceptors (Lipinski definition) is 8. The summed E-state index contributed by atoms with van der Waals surface area (Å²) in [6.45, 7) is 1.45. The van der Waals surface area contributed by atoms with E-state index in [2.05, 4.69) is 10.3 Å². The molecule has 2 aromatic heterocycles. The number of aromatic nitrogens is 2. The maximum atomic E-state index is 15.0. The summed E-state index contributed by atoms with van der Waals surface area (Å²) in [6.07, 6.45) is 0. The van der Waals surface area contributed by atoms with Crippen LogP contribution in [0, 0.1) is 12.7 Å². The van der Waals surface area contributed by atoms with E-state index in [1.807, 2.05) is 0 Å². The lowest BCUT2D eigenvalue weighted by atomic mass is 10.2. The number of hydrogen-bond donors (Lipinski definition) is 3. The van der Waals surface area contributed by atoms with Crippen LogP contribution in [-0.4, -0.2) is 32.4 Å². The van der Waals surface area contributed by atoms with Crippen molar-refractivity contribution in [3.8, 4) is 5.69 Å². The SMILES string of the molecule is Cc1nc2ccc(S(N)(=O)=O)cc2c(=O)n1-c1ccc(NC(=O)NS(=O)(=O)c2ccc(Cl)s2)cc1F. The Bertz CT molecular complexity index is 1820. The van der Waals surface area contributed by atoms with E-state index in [0.717, 1.165) is 28.0 Å². The van der Waals surface area contributed by atoms with Gasteiger partial charge in [0.2, 0.25) is 10.0 Å². The van der Waals surface area contributed by atoms with Gasteiger partial charge in [-0.15, -0.1) is 11.3 Å². The monoisotopic (exact) mass is 571 g/mol. The smallest absolute Gasteiger partial charge is 0.307 e. The second-order valence-corrected chi connectivity index (χ2v) is 12.5. The predicted molar refractivity (Wildman–Crippen MR) is 132 cm³/mol. The van der Waals surface area contributed by atoms with Gasteiger partial charge in [-0.1, -0.05) is 11.6 Å². The fourth-order valence-corrected chi connectivity index (χ4v) is 6.20. The molecule has 4 N–H and O–H groups in total. The second-order valence-electron chi connectivity index (χ2n) is 7.31. The first-order valence-electron chi connectivity index (χ1n) is 9.71. The number of fused-ring (bicyclic) bond motifs is 1. The van der Waals surface area contributed by atoms with E-state index in [9.17, 15) is 26.4 Å². The van der Waals surface area contributed by atoms with Crippen LogP contribution >= 0.6 is 22.9 Å². The number of carbonyl (C=O) groups excluding carboxylic acids is 1. The second kappa shape index (κ2) is 9.25. The molecule has 36 heavy (non-hydrogen) atoms. The first kappa shape index (κ1) is 25.7. The van der Waals surface area contributed by atoms with Gasteiger partial charge in [0, 0.05) is 5.69 Å². The number of halogens is 2. The van der Waals surface area contributed by atoms with Gasteiger partial charge in [0.25, 0.3) is 15.6 Å². The van der Waals surface area contributed by atoms with Crippen molar-refractivity contribution < 1.29 is 26.0 Å². The summed E-state index contributed by atoms with van der Waals surface area (Å²) in [7, 11) is -8.29. The first-order chi connectivity index (χ1) is 16.8. The highest BCUT2D eigenvalue weighted by molar-refractivity contribution is 7.92. The third-order valence-electron chi connectivity index (χ3n) is 4.82. The van der Waals surface area contributed by atoms with Crippen molar-refractivity contribution in [1.82, 2.24) is 14.3 Å². The lowest BCUT2D eigenvalue weighted by Crippen LogP contribution is -2.34. The van der Waals surface area contributed by atoms with Crippen LogP contribution in [0.3, 0.4) is 0 Å². The van der Waals surface area contributed by atoms with Crippen LogP contribution in [0.1, 0.15) is 5.82 Å². The predicted octanol–water partition coefficient (Wildman–Crippen LogP) is 2.71. The molecule has 16 heteroatoms. The Hall–Kier alpha value is -3.37. The number of sulfonamides is 2. The molecule has 0 unspecified atom stereocenters. The normalized spacial score (nSPS) is 12.0. The summed E-state index contributed by atoms with van der Waals surface area (Å²) in [5.41, 5.74) is -0.908. The van der Waals surface area contributed by atoms with Crippen molar-refractivity contribution in [2.24, 2.45) is 5.14 Å². The van der Waals surface area contributed by atoms with E-state index in [4.69, 9.17) is 16.7 Å². The summed E-state index contributed by atoms with van der Waals surface area (Å²) in [6, 6.07) is 8.28. The summed E-state index contributed by atoms with van der Waals surface area (Å²) in [4.78, 5) is 29.2. The molecule has 2 heterocycles. The number of urea groups is 1. The minimum absolute atomic E-state index is 0.105. The lowest BCUT2D eigenvalue weighted by Gasteiger charge is -2.13. The topological polar surface area (TPSA) is 170 Å². The molecule has 0 saturated carbocycles. The minimum atomic E-state index is -4.19. The zero-order chi connectivity index (χ0) is 26.4. The van der Waals surface area contributed by atoms with Gasteiger partial charge in [-0.3, -0.25) is 9.36 Å². The van der Waals surface area contributed by atoms with Gasteiger partial charge in [-0.25, -0.2) is 40.9 Å². The summed E-state index contributed by atoms with van der Waals surface area (Å²) >= 11 is 6.47. The Morgan fingerprint density at radius 1 is 1.11 bits per heavy atom. The molecule has 188 valence electrons. The molecule has 0 aliphatic carbocycles. The van der Waals surface area contributed by atoms with Crippen LogP contribution in [0.15, 0.2) is 62.4 Å². The molecule has 0 aliphatic rings. The van der Waals surface area contributed by atoms with E-state index in [-0.39, 0.29) is 41.5 Å². The van der Waals surface area contributed by atoms with Crippen molar-refractivity contribution >= 4 is 65.6 Å². The van der Waals surface area contributed by atoms with Gasteiger partial charge in [0.15, 0.2) is 0 Å². The van der Waals surface area contributed by atoms with E-state index in [0.29, 0.717) is 0 Å². The molecule has 0 bridgehead atoms. The van der Waals surface area contributed by atoms with E-state index in [1.165, 1.54) is 43.3 Å². The third-order valence-corrected chi connectivity index (χ3v) is 8.79. The quantitative estimate of drug-likeness (QED) is 0.330. The van der Waals surface area contributed by atoms with Crippen LogP contribution in [0.25, 0.3) is 16.6 Å². The maximum absolute atomic E-state index is 15.0. The molecule has 0 aliphatic heterocycles. The molecule has 0 saturated heterocycles. The Kier molecular flexibility index (Phi) is 6.61. The number of primary sulfonamides is 1. The van der Waals surface area contributed by atoms with Crippen LogP contribution in [0.2, 0.25) is 4.34 Å². The highest BCUT2D eigenvalue weighted by Gasteiger charge is 2.21. The van der Waals surface area contributed by atoms with Crippen LogP contribution < -0.4 is 20.7 Å². The number of amides is 2. The number of anilines is 1. The van der Waals surface area contributed by atoms with Crippen molar-refractivity contribution in [3.63, 3.8) is 0 Å². The molecule has 0 spiro atoms. The average molecular weight is 572 g/mol. The maximum Gasteiger partial charge on any atom is 0.333 e. The molecule has 0 fully saturated rings. The minimum Gasteiger partial charge on any atom is -0.307 e. The zero-order valence-corrected chi connectivity index (χ0v) is 21.2.